The fraction of sp³-hybridized carbons (Fsp3) is 0. The largest absolute Gasteiger partial charge is 0.508 e. The Bertz CT molecular complexity index is 518. The summed E-state index contributed by atoms with van der Waals surface area (Å²) in [5.41, 5.74) is 1.74. The molecule has 0 spiro atoms. The Balaban J connectivity index is 2.15. The molecule has 1 N–H and O–H groups in total. The molecule has 0 amide bonds. The number of hydrogen-bond acceptors (Lipinski definition) is 2. The van der Waals surface area contributed by atoms with Crippen molar-refractivity contribution < 1.29 is 9.84 Å². The number of para-hydroxylation sites is 1. The van der Waals surface area contributed by atoms with Crippen molar-refractivity contribution in [3.8, 4) is 17.2 Å². The highest BCUT2D eigenvalue weighted by Gasteiger charge is 2.18. The Hall–Kier alpha value is -1.96. The van der Waals surface area contributed by atoms with Gasteiger partial charge in [-0.25, -0.2) is 0 Å². The molecule has 73 valence electrons. The molecule has 0 unspecified atom stereocenters. The Morgan fingerprint density at radius 3 is 2.60 bits per heavy atom. The number of ether oxygens (including phenoxy) is 1. The van der Waals surface area contributed by atoms with Crippen molar-refractivity contribution in [3.63, 3.8) is 0 Å². The monoisotopic (exact) mass is 197 g/mol. The summed E-state index contributed by atoms with van der Waals surface area (Å²) in [6.45, 7) is 0. The van der Waals surface area contributed by atoms with E-state index in [1.54, 1.807) is 12.1 Å². The number of phenolic OH excluding ortho intramolecular Hbond substituents is 1. The number of rotatable bonds is 0. The fourth-order valence-electron chi connectivity index (χ4n) is 1.73. The van der Waals surface area contributed by atoms with E-state index in [0.717, 1.165) is 16.9 Å². The van der Waals surface area contributed by atoms with Gasteiger partial charge in [-0.05, 0) is 18.2 Å². The number of phenols is 1. The Morgan fingerprint density at radius 2 is 1.67 bits per heavy atom. The molecule has 0 bridgehead atoms. The zero-order chi connectivity index (χ0) is 10.3. The van der Waals surface area contributed by atoms with Crippen LogP contribution in [0.5, 0.6) is 17.2 Å². The molecular formula is C13H9O2. The second-order valence-electron chi connectivity index (χ2n) is 3.47. The summed E-state index contributed by atoms with van der Waals surface area (Å²) in [5, 5.41) is 9.67. The predicted molar refractivity (Wildman–Crippen MR) is 57.1 cm³/mol. The van der Waals surface area contributed by atoms with Crippen LogP contribution < -0.4 is 4.74 Å². The topological polar surface area (TPSA) is 29.5 Å². The molecule has 0 atom stereocenters. The number of aromatic hydroxyl groups is 1. The van der Waals surface area contributed by atoms with E-state index in [1.165, 1.54) is 0 Å². The molecule has 1 heterocycles. The van der Waals surface area contributed by atoms with Crippen molar-refractivity contribution in [2.75, 3.05) is 0 Å². The van der Waals surface area contributed by atoms with E-state index < -0.39 is 0 Å². The highest BCUT2D eigenvalue weighted by Crippen LogP contribution is 2.41. The molecule has 2 aromatic carbocycles. The van der Waals surface area contributed by atoms with Crippen LogP contribution >= 0.6 is 0 Å². The van der Waals surface area contributed by atoms with Crippen LogP contribution in [0.15, 0.2) is 42.5 Å². The maximum Gasteiger partial charge on any atom is 0.134 e. The van der Waals surface area contributed by atoms with Crippen LogP contribution in [0.2, 0.25) is 0 Å². The van der Waals surface area contributed by atoms with Gasteiger partial charge in [0.1, 0.15) is 17.2 Å². The van der Waals surface area contributed by atoms with Gasteiger partial charge in [0.25, 0.3) is 0 Å². The van der Waals surface area contributed by atoms with Gasteiger partial charge < -0.3 is 9.84 Å². The van der Waals surface area contributed by atoms with Crippen LogP contribution in [-0.2, 0) is 0 Å². The zero-order valence-corrected chi connectivity index (χ0v) is 7.97. The first-order valence-corrected chi connectivity index (χ1v) is 4.78. The first-order chi connectivity index (χ1) is 7.34. The van der Waals surface area contributed by atoms with Crippen LogP contribution in [-0.4, -0.2) is 5.11 Å². The van der Waals surface area contributed by atoms with Gasteiger partial charge in [-0.3, -0.25) is 0 Å². The lowest BCUT2D eigenvalue weighted by atomic mass is 10.00. The summed E-state index contributed by atoms with van der Waals surface area (Å²) in [4.78, 5) is 0. The highest BCUT2D eigenvalue weighted by molar-refractivity contribution is 5.60. The summed E-state index contributed by atoms with van der Waals surface area (Å²) in [7, 11) is 0. The SMILES string of the molecule is Oc1cccc2c1[CH]c1ccccc1O2. The van der Waals surface area contributed by atoms with E-state index >= 15 is 0 Å². The van der Waals surface area contributed by atoms with Crippen molar-refractivity contribution >= 4 is 0 Å². The van der Waals surface area contributed by atoms with Crippen molar-refractivity contribution in [1.29, 1.82) is 0 Å². The predicted octanol–water partition coefficient (Wildman–Crippen LogP) is 3.10. The Labute approximate surface area is 87.8 Å². The average molecular weight is 197 g/mol. The van der Waals surface area contributed by atoms with Crippen molar-refractivity contribution in [2.45, 2.75) is 0 Å². The summed E-state index contributed by atoms with van der Waals surface area (Å²) in [6.07, 6.45) is 1.93. The van der Waals surface area contributed by atoms with Gasteiger partial charge in [-0.15, -0.1) is 0 Å². The quantitative estimate of drug-likeness (QED) is 0.600. The molecule has 0 saturated carbocycles. The van der Waals surface area contributed by atoms with Crippen molar-refractivity contribution in [2.24, 2.45) is 0 Å². The van der Waals surface area contributed by atoms with Crippen LogP contribution in [0.3, 0.4) is 0 Å². The van der Waals surface area contributed by atoms with E-state index in [0.29, 0.717) is 5.75 Å². The number of fused-ring (bicyclic) bond motifs is 2. The van der Waals surface area contributed by atoms with Crippen LogP contribution in [0.1, 0.15) is 11.1 Å². The van der Waals surface area contributed by atoms with Gasteiger partial charge >= 0.3 is 0 Å². The third kappa shape index (κ3) is 1.26. The fourth-order valence-corrected chi connectivity index (χ4v) is 1.73. The lowest BCUT2D eigenvalue weighted by Gasteiger charge is -2.20. The highest BCUT2D eigenvalue weighted by atomic mass is 16.5. The van der Waals surface area contributed by atoms with Gasteiger partial charge in [0.05, 0.1) is 0 Å². The Morgan fingerprint density at radius 1 is 0.867 bits per heavy atom. The normalized spacial score (nSPS) is 12.5. The number of hydrogen-bond donors (Lipinski definition) is 1. The molecule has 0 saturated heterocycles. The molecule has 15 heavy (non-hydrogen) atoms. The summed E-state index contributed by atoms with van der Waals surface area (Å²) in [6, 6.07) is 13.0. The molecule has 0 aromatic heterocycles. The molecule has 0 aliphatic carbocycles. The first-order valence-electron chi connectivity index (χ1n) is 4.78. The lowest BCUT2D eigenvalue weighted by molar-refractivity contribution is 0.442. The minimum absolute atomic E-state index is 0.252. The van der Waals surface area contributed by atoms with Gasteiger partial charge in [0.2, 0.25) is 0 Å². The van der Waals surface area contributed by atoms with Gasteiger partial charge in [-0.2, -0.15) is 0 Å². The summed E-state index contributed by atoms with van der Waals surface area (Å²) < 4.78 is 5.67. The smallest absolute Gasteiger partial charge is 0.134 e. The van der Waals surface area contributed by atoms with E-state index in [-0.39, 0.29) is 5.75 Å². The van der Waals surface area contributed by atoms with Crippen LogP contribution in [0, 0.1) is 6.42 Å². The molecule has 2 aromatic rings. The molecule has 3 rings (SSSR count). The van der Waals surface area contributed by atoms with E-state index in [1.807, 2.05) is 36.8 Å². The zero-order valence-electron chi connectivity index (χ0n) is 7.97. The Kier molecular flexibility index (Phi) is 1.68. The van der Waals surface area contributed by atoms with E-state index in [4.69, 9.17) is 4.74 Å². The molecule has 1 aliphatic heterocycles. The third-order valence-corrected chi connectivity index (χ3v) is 2.48. The standard InChI is InChI=1S/C13H9O2/c14-11-5-3-7-13-10(11)8-9-4-1-2-6-12(9)15-13/h1-8,14H. The second-order valence-corrected chi connectivity index (χ2v) is 3.47. The second kappa shape index (κ2) is 3.02. The molecule has 0 fully saturated rings. The van der Waals surface area contributed by atoms with E-state index in [9.17, 15) is 5.11 Å². The van der Waals surface area contributed by atoms with Crippen molar-refractivity contribution in [3.05, 3.63) is 60.0 Å². The van der Waals surface area contributed by atoms with Gasteiger partial charge in [0.15, 0.2) is 0 Å². The lowest BCUT2D eigenvalue weighted by Crippen LogP contribution is -2.00. The van der Waals surface area contributed by atoms with Crippen LogP contribution in [0.4, 0.5) is 0 Å². The minimum atomic E-state index is 0.252. The maximum atomic E-state index is 9.67. The van der Waals surface area contributed by atoms with Crippen molar-refractivity contribution in [1.82, 2.24) is 0 Å². The maximum absolute atomic E-state index is 9.67. The number of benzene rings is 2. The average Bonchev–Trinajstić information content (AvgIpc) is 2.27. The summed E-state index contributed by atoms with van der Waals surface area (Å²) >= 11 is 0. The van der Waals surface area contributed by atoms with E-state index in [2.05, 4.69) is 0 Å². The van der Waals surface area contributed by atoms with Gasteiger partial charge in [0, 0.05) is 17.5 Å². The summed E-state index contributed by atoms with van der Waals surface area (Å²) in [5.74, 6) is 1.78. The third-order valence-electron chi connectivity index (χ3n) is 2.48. The molecule has 1 aliphatic rings. The molecular weight excluding hydrogens is 188 g/mol. The molecule has 2 heteroatoms. The van der Waals surface area contributed by atoms with Gasteiger partial charge in [-0.1, -0.05) is 24.3 Å². The molecule has 2 nitrogen and oxygen atoms in total. The minimum Gasteiger partial charge on any atom is -0.508 e. The van der Waals surface area contributed by atoms with Crippen LogP contribution in [0.25, 0.3) is 0 Å². The molecule has 1 radical (unpaired) electrons. The first kappa shape index (κ1) is 8.36.